The van der Waals surface area contributed by atoms with Gasteiger partial charge in [0.2, 0.25) is 0 Å². The largest absolute Gasteiger partial charge is 0.489 e. The van der Waals surface area contributed by atoms with Crippen LogP contribution in [-0.4, -0.2) is 6.54 Å². The summed E-state index contributed by atoms with van der Waals surface area (Å²) in [6, 6.07) is 15.0. The van der Waals surface area contributed by atoms with Crippen molar-refractivity contribution in [2.45, 2.75) is 13.0 Å². The van der Waals surface area contributed by atoms with Crippen LogP contribution in [-0.2, 0) is 13.0 Å². The molecule has 20 heavy (non-hydrogen) atoms. The van der Waals surface area contributed by atoms with Crippen LogP contribution in [0.4, 0.5) is 0 Å². The van der Waals surface area contributed by atoms with Crippen molar-refractivity contribution in [2.24, 2.45) is 5.73 Å². The van der Waals surface area contributed by atoms with Gasteiger partial charge in [-0.3, -0.25) is 0 Å². The molecular weight excluding hydrogens is 272 g/mol. The van der Waals surface area contributed by atoms with Crippen LogP contribution in [0.15, 0.2) is 42.5 Å². The third-order valence-electron chi connectivity index (χ3n) is 2.95. The zero-order valence-electron chi connectivity index (χ0n) is 11.0. The Balaban J connectivity index is 2.10. The number of ether oxygens (including phenoxy) is 1. The first-order valence-corrected chi connectivity index (χ1v) is 6.71. The third-order valence-corrected chi connectivity index (χ3v) is 3.30. The number of halogens is 1. The average Bonchev–Trinajstić information content (AvgIpc) is 2.48. The first-order valence-electron chi connectivity index (χ1n) is 6.34. The predicted molar refractivity (Wildman–Crippen MR) is 79.7 cm³/mol. The number of benzene rings is 2. The minimum atomic E-state index is 0.434. The number of hydrogen-bond acceptors (Lipinski definition) is 3. The Morgan fingerprint density at radius 1 is 1.15 bits per heavy atom. The van der Waals surface area contributed by atoms with E-state index in [1.165, 1.54) is 0 Å². The van der Waals surface area contributed by atoms with Gasteiger partial charge in [-0.25, -0.2) is 0 Å². The molecule has 0 amide bonds. The van der Waals surface area contributed by atoms with Gasteiger partial charge in [0.1, 0.15) is 12.4 Å². The molecule has 0 heterocycles. The van der Waals surface area contributed by atoms with Crippen LogP contribution in [0.2, 0.25) is 5.02 Å². The standard InChI is InChI=1S/C16H15ClN2O/c17-15-2-1-3-16(14(15)8-9-18)20-11-13-6-4-12(10-19)5-7-13/h1-7H,8-9,11,18H2. The van der Waals surface area contributed by atoms with Crippen LogP contribution in [0.5, 0.6) is 5.75 Å². The molecule has 0 saturated carbocycles. The molecule has 2 rings (SSSR count). The Labute approximate surface area is 123 Å². The lowest BCUT2D eigenvalue weighted by Crippen LogP contribution is -2.06. The molecule has 0 aromatic heterocycles. The first kappa shape index (κ1) is 14.4. The first-order chi connectivity index (χ1) is 9.74. The highest BCUT2D eigenvalue weighted by Crippen LogP contribution is 2.27. The normalized spacial score (nSPS) is 10.1. The Bertz CT molecular complexity index is 617. The summed E-state index contributed by atoms with van der Waals surface area (Å²) in [5.74, 6) is 0.757. The Hall–Kier alpha value is -2.02. The number of hydrogen-bond donors (Lipinski definition) is 1. The van der Waals surface area contributed by atoms with Crippen LogP contribution >= 0.6 is 11.6 Å². The summed E-state index contributed by atoms with van der Waals surface area (Å²) in [6.45, 7) is 0.959. The predicted octanol–water partition coefficient (Wildman–Crippen LogP) is 3.29. The smallest absolute Gasteiger partial charge is 0.124 e. The Kier molecular flexibility index (Phi) is 5.00. The highest BCUT2D eigenvalue weighted by atomic mass is 35.5. The van der Waals surface area contributed by atoms with Crippen LogP contribution in [0.1, 0.15) is 16.7 Å². The maximum absolute atomic E-state index is 8.75. The third kappa shape index (κ3) is 3.51. The van der Waals surface area contributed by atoms with E-state index >= 15 is 0 Å². The highest BCUT2D eigenvalue weighted by molar-refractivity contribution is 6.31. The summed E-state index contributed by atoms with van der Waals surface area (Å²) in [5.41, 5.74) is 8.17. The van der Waals surface area contributed by atoms with Crippen LogP contribution in [0.3, 0.4) is 0 Å². The maximum Gasteiger partial charge on any atom is 0.124 e. The lowest BCUT2D eigenvalue weighted by molar-refractivity contribution is 0.303. The number of rotatable bonds is 5. The fraction of sp³-hybridized carbons (Fsp3) is 0.188. The molecule has 2 N–H and O–H groups in total. The molecule has 0 bridgehead atoms. The lowest BCUT2D eigenvalue weighted by atomic mass is 10.1. The minimum absolute atomic E-state index is 0.434. The molecule has 0 saturated heterocycles. The van der Waals surface area contributed by atoms with Gasteiger partial charge in [-0.1, -0.05) is 29.8 Å². The molecule has 4 heteroatoms. The van der Waals surface area contributed by atoms with Gasteiger partial charge in [-0.2, -0.15) is 5.26 Å². The summed E-state index contributed by atoms with van der Waals surface area (Å²) in [6.07, 6.45) is 0.683. The summed E-state index contributed by atoms with van der Waals surface area (Å²) in [7, 11) is 0. The van der Waals surface area contributed by atoms with Crippen LogP contribution in [0, 0.1) is 11.3 Å². The van der Waals surface area contributed by atoms with Gasteiger partial charge in [0.25, 0.3) is 0 Å². The monoisotopic (exact) mass is 286 g/mol. The molecule has 0 spiro atoms. The molecule has 3 nitrogen and oxygen atoms in total. The summed E-state index contributed by atoms with van der Waals surface area (Å²) in [4.78, 5) is 0. The van der Waals surface area contributed by atoms with Crippen molar-refractivity contribution < 1.29 is 4.74 Å². The quantitative estimate of drug-likeness (QED) is 0.917. The van der Waals surface area contributed by atoms with Gasteiger partial charge < -0.3 is 10.5 Å². The Morgan fingerprint density at radius 2 is 1.90 bits per heavy atom. The fourth-order valence-corrected chi connectivity index (χ4v) is 2.16. The van der Waals surface area contributed by atoms with E-state index in [1.807, 2.05) is 30.3 Å². The maximum atomic E-state index is 8.75. The van der Waals surface area contributed by atoms with Crippen LogP contribution in [0.25, 0.3) is 0 Å². The molecule has 2 aromatic carbocycles. The molecule has 0 unspecified atom stereocenters. The van der Waals surface area contributed by atoms with Crippen molar-refractivity contribution >= 4 is 11.6 Å². The van der Waals surface area contributed by atoms with E-state index in [0.29, 0.717) is 30.2 Å². The van der Waals surface area contributed by atoms with E-state index in [0.717, 1.165) is 16.9 Å². The average molecular weight is 287 g/mol. The number of nitrogens with two attached hydrogens (primary N) is 1. The molecule has 0 aliphatic heterocycles. The molecule has 0 aliphatic carbocycles. The molecule has 0 fully saturated rings. The second-order valence-electron chi connectivity index (χ2n) is 4.35. The van der Waals surface area contributed by atoms with Crippen molar-refractivity contribution in [3.8, 4) is 11.8 Å². The highest BCUT2D eigenvalue weighted by Gasteiger charge is 2.07. The summed E-state index contributed by atoms with van der Waals surface area (Å²) in [5, 5.41) is 9.43. The number of nitriles is 1. The molecule has 0 aliphatic rings. The van der Waals surface area contributed by atoms with E-state index in [9.17, 15) is 0 Å². The topological polar surface area (TPSA) is 59.0 Å². The summed E-state index contributed by atoms with van der Waals surface area (Å²) >= 11 is 6.16. The molecule has 0 radical (unpaired) electrons. The van der Waals surface area contributed by atoms with E-state index < -0.39 is 0 Å². The van der Waals surface area contributed by atoms with E-state index in [1.54, 1.807) is 12.1 Å². The summed E-state index contributed by atoms with van der Waals surface area (Å²) < 4.78 is 5.81. The van der Waals surface area contributed by atoms with Gasteiger partial charge in [-0.15, -0.1) is 0 Å². The van der Waals surface area contributed by atoms with Crippen molar-refractivity contribution in [3.63, 3.8) is 0 Å². The zero-order chi connectivity index (χ0) is 14.4. The molecule has 2 aromatic rings. The SMILES string of the molecule is N#Cc1ccc(COc2cccc(Cl)c2CCN)cc1. The van der Waals surface area contributed by atoms with Crippen molar-refractivity contribution in [2.75, 3.05) is 6.54 Å². The molecule has 102 valence electrons. The van der Waals surface area contributed by atoms with Gasteiger partial charge in [0.05, 0.1) is 11.6 Å². The van der Waals surface area contributed by atoms with Gasteiger partial charge in [-0.05, 0) is 42.8 Å². The van der Waals surface area contributed by atoms with Gasteiger partial charge >= 0.3 is 0 Å². The fourth-order valence-electron chi connectivity index (χ4n) is 1.90. The van der Waals surface area contributed by atoms with Crippen molar-refractivity contribution in [3.05, 3.63) is 64.2 Å². The molecule has 0 atom stereocenters. The number of nitrogens with zero attached hydrogens (tertiary/aromatic N) is 1. The van der Waals surface area contributed by atoms with E-state index in [-0.39, 0.29) is 0 Å². The van der Waals surface area contributed by atoms with Gasteiger partial charge in [0, 0.05) is 10.6 Å². The zero-order valence-corrected chi connectivity index (χ0v) is 11.7. The van der Waals surface area contributed by atoms with Gasteiger partial charge in [0.15, 0.2) is 0 Å². The van der Waals surface area contributed by atoms with Crippen molar-refractivity contribution in [1.82, 2.24) is 0 Å². The second-order valence-corrected chi connectivity index (χ2v) is 4.76. The van der Waals surface area contributed by atoms with Crippen LogP contribution < -0.4 is 10.5 Å². The van der Waals surface area contributed by atoms with Crippen molar-refractivity contribution in [1.29, 1.82) is 5.26 Å². The van der Waals surface area contributed by atoms with E-state index in [2.05, 4.69) is 6.07 Å². The lowest BCUT2D eigenvalue weighted by Gasteiger charge is -2.12. The second kappa shape index (κ2) is 6.95. The van der Waals surface area contributed by atoms with E-state index in [4.69, 9.17) is 27.3 Å². The Morgan fingerprint density at radius 3 is 2.55 bits per heavy atom. The molecular formula is C16H15ClN2O. The minimum Gasteiger partial charge on any atom is -0.489 e.